The first-order chi connectivity index (χ1) is 8.69. The molecule has 0 heterocycles. The molecule has 3 nitrogen and oxygen atoms in total. The van der Waals surface area contributed by atoms with Crippen LogP contribution in [0.4, 0.5) is 11.4 Å². The summed E-state index contributed by atoms with van der Waals surface area (Å²) >= 11 is 0. The Kier molecular flexibility index (Phi) is 3.72. The van der Waals surface area contributed by atoms with Crippen LogP contribution in [0.25, 0.3) is 0 Å². The number of benzene rings is 2. The number of hydrogen-bond donors (Lipinski definition) is 0. The molecule has 3 heteroatoms. The lowest BCUT2D eigenvalue weighted by atomic mass is 10.2. The zero-order valence-corrected chi connectivity index (χ0v) is 10.8. The lowest BCUT2D eigenvalue weighted by Crippen LogP contribution is -1.83. The molecule has 0 aliphatic heterocycles. The van der Waals surface area contributed by atoms with Gasteiger partial charge in [-0.2, -0.15) is 5.11 Å². The number of hydrogen-bond acceptors (Lipinski definition) is 3. The molecule has 0 bridgehead atoms. The molecule has 0 aliphatic carbocycles. The average molecular weight is 240 g/mol. The van der Waals surface area contributed by atoms with Crippen molar-refractivity contribution in [2.75, 3.05) is 7.11 Å². The van der Waals surface area contributed by atoms with E-state index >= 15 is 0 Å². The van der Waals surface area contributed by atoms with E-state index in [0.717, 1.165) is 22.7 Å². The highest BCUT2D eigenvalue weighted by atomic mass is 16.5. The molecule has 0 radical (unpaired) electrons. The van der Waals surface area contributed by atoms with Crippen LogP contribution in [0, 0.1) is 13.8 Å². The van der Waals surface area contributed by atoms with Gasteiger partial charge in [-0.05, 0) is 43.7 Å². The largest absolute Gasteiger partial charge is 0.494 e. The molecule has 0 atom stereocenters. The van der Waals surface area contributed by atoms with Crippen molar-refractivity contribution < 1.29 is 4.74 Å². The van der Waals surface area contributed by atoms with E-state index < -0.39 is 0 Å². The van der Waals surface area contributed by atoms with Crippen molar-refractivity contribution in [1.29, 1.82) is 0 Å². The molecule has 0 aromatic heterocycles. The Hall–Kier alpha value is -2.16. The Bertz CT molecular complexity index is 559. The lowest BCUT2D eigenvalue weighted by Gasteiger charge is -2.04. The van der Waals surface area contributed by atoms with Crippen LogP contribution < -0.4 is 4.74 Å². The van der Waals surface area contributed by atoms with Crippen molar-refractivity contribution in [2.24, 2.45) is 10.2 Å². The Morgan fingerprint density at radius 1 is 0.833 bits per heavy atom. The molecule has 0 amide bonds. The molecule has 0 saturated heterocycles. The van der Waals surface area contributed by atoms with Crippen molar-refractivity contribution in [3.8, 4) is 5.75 Å². The van der Waals surface area contributed by atoms with Crippen LogP contribution in [0.5, 0.6) is 5.75 Å². The van der Waals surface area contributed by atoms with Gasteiger partial charge in [-0.3, -0.25) is 0 Å². The van der Waals surface area contributed by atoms with Gasteiger partial charge in [0.05, 0.1) is 12.8 Å². The van der Waals surface area contributed by atoms with Crippen LogP contribution >= 0.6 is 0 Å². The van der Waals surface area contributed by atoms with E-state index in [1.807, 2.05) is 56.3 Å². The highest BCUT2D eigenvalue weighted by Gasteiger charge is 2.01. The standard InChI is InChI=1S/C15H16N2O/c1-11-4-7-13(8-5-11)16-17-14-9-6-12(2)10-15(14)18-3/h4-10H,1-3H3. The van der Waals surface area contributed by atoms with Gasteiger partial charge in [0.15, 0.2) is 0 Å². The van der Waals surface area contributed by atoms with Gasteiger partial charge in [0, 0.05) is 0 Å². The van der Waals surface area contributed by atoms with Crippen molar-refractivity contribution in [3.05, 3.63) is 53.6 Å². The first-order valence-corrected chi connectivity index (χ1v) is 5.82. The first-order valence-electron chi connectivity index (χ1n) is 5.82. The zero-order valence-electron chi connectivity index (χ0n) is 10.8. The van der Waals surface area contributed by atoms with Crippen LogP contribution in [-0.2, 0) is 0 Å². The number of nitrogens with zero attached hydrogens (tertiary/aromatic N) is 2. The third-order valence-electron chi connectivity index (χ3n) is 2.64. The number of azo groups is 1. The van der Waals surface area contributed by atoms with Gasteiger partial charge in [-0.15, -0.1) is 5.11 Å². The highest BCUT2D eigenvalue weighted by molar-refractivity contribution is 5.53. The third kappa shape index (κ3) is 2.94. The summed E-state index contributed by atoms with van der Waals surface area (Å²) in [5, 5.41) is 8.42. The minimum atomic E-state index is 0.740. The second kappa shape index (κ2) is 5.45. The summed E-state index contributed by atoms with van der Waals surface area (Å²) in [4.78, 5) is 0. The van der Waals surface area contributed by atoms with Gasteiger partial charge in [0.25, 0.3) is 0 Å². The second-order valence-corrected chi connectivity index (χ2v) is 4.21. The van der Waals surface area contributed by atoms with Crippen LogP contribution in [-0.4, -0.2) is 7.11 Å². The summed E-state index contributed by atoms with van der Waals surface area (Å²) in [6.45, 7) is 4.06. The van der Waals surface area contributed by atoms with Crippen LogP contribution in [0.15, 0.2) is 52.7 Å². The van der Waals surface area contributed by atoms with Gasteiger partial charge < -0.3 is 4.74 Å². The maximum atomic E-state index is 5.28. The van der Waals surface area contributed by atoms with Crippen molar-refractivity contribution in [3.63, 3.8) is 0 Å². The molecule has 0 aliphatic rings. The van der Waals surface area contributed by atoms with Gasteiger partial charge in [0.2, 0.25) is 0 Å². The quantitative estimate of drug-likeness (QED) is 0.714. The Balaban J connectivity index is 2.25. The Labute approximate surface area is 107 Å². The van der Waals surface area contributed by atoms with Crippen LogP contribution in [0.2, 0.25) is 0 Å². The minimum Gasteiger partial charge on any atom is -0.494 e. The topological polar surface area (TPSA) is 34.0 Å². The monoisotopic (exact) mass is 240 g/mol. The fourth-order valence-electron chi connectivity index (χ4n) is 1.59. The van der Waals surface area contributed by atoms with Gasteiger partial charge in [0.1, 0.15) is 11.4 Å². The molecule has 0 N–H and O–H groups in total. The molecule has 92 valence electrons. The molecule has 0 saturated carbocycles. The summed E-state index contributed by atoms with van der Waals surface area (Å²) in [5.41, 5.74) is 3.93. The summed E-state index contributed by atoms with van der Waals surface area (Å²) in [6, 6.07) is 13.8. The van der Waals surface area contributed by atoms with Crippen molar-refractivity contribution in [2.45, 2.75) is 13.8 Å². The van der Waals surface area contributed by atoms with E-state index in [9.17, 15) is 0 Å². The molecule has 2 rings (SSSR count). The molecule has 0 fully saturated rings. The smallest absolute Gasteiger partial charge is 0.146 e. The maximum Gasteiger partial charge on any atom is 0.146 e. The third-order valence-corrected chi connectivity index (χ3v) is 2.64. The molecule has 2 aromatic rings. The van der Waals surface area contributed by atoms with Crippen LogP contribution in [0.3, 0.4) is 0 Å². The van der Waals surface area contributed by atoms with E-state index in [1.165, 1.54) is 5.56 Å². The molecular weight excluding hydrogens is 224 g/mol. The normalized spacial score (nSPS) is 10.8. The predicted molar refractivity (Wildman–Crippen MR) is 73.1 cm³/mol. The summed E-state index contributed by atoms with van der Waals surface area (Å²) < 4.78 is 5.28. The molecular formula is C15H16N2O. The average Bonchev–Trinajstić information content (AvgIpc) is 2.39. The summed E-state index contributed by atoms with van der Waals surface area (Å²) in [5.74, 6) is 0.742. The Morgan fingerprint density at radius 3 is 2.17 bits per heavy atom. The lowest BCUT2D eigenvalue weighted by molar-refractivity contribution is 0.415. The number of methoxy groups -OCH3 is 1. The van der Waals surface area contributed by atoms with E-state index in [2.05, 4.69) is 10.2 Å². The summed E-state index contributed by atoms with van der Waals surface area (Å²) in [6.07, 6.45) is 0. The predicted octanol–water partition coefficient (Wildman–Crippen LogP) is 4.73. The zero-order chi connectivity index (χ0) is 13.0. The number of aryl methyl sites for hydroxylation is 2. The Morgan fingerprint density at radius 2 is 1.50 bits per heavy atom. The highest BCUT2D eigenvalue weighted by Crippen LogP contribution is 2.29. The molecule has 0 spiro atoms. The van der Waals surface area contributed by atoms with Gasteiger partial charge >= 0.3 is 0 Å². The minimum absolute atomic E-state index is 0.740. The maximum absolute atomic E-state index is 5.28. The van der Waals surface area contributed by atoms with Crippen molar-refractivity contribution in [1.82, 2.24) is 0 Å². The van der Waals surface area contributed by atoms with Gasteiger partial charge in [-0.1, -0.05) is 23.8 Å². The summed E-state index contributed by atoms with van der Waals surface area (Å²) in [7, 11) is 1.64. The van der Waals surface area contributed by atoms with E-state index in [4.69, 9.17) is 4.74 Å². The molecule has 0 unspecified atom stereocenters. The van der Waals surface area contributed by atoms with Crippen LogP contribution in [0.1, 0.15) is 11.1 Å². The van der Waals surface area contributed by atoms with E-state index in [0.29, 0.717) is 0 Å². The van der Waals surface area contributed by atoms with E-state index in [-0.39, 0.29) is 0 Å². The van der Waals surface area contributed by atoms with Crippen molar-refractivity contribution >= 4 is 11.4 Å². The fourth-order valence-corrected chi connectivity index (χ4v) is 1.59. The van der Waals surface area contributed by atoms with Gasteiger partial charge in [-0.25, -0.2) is 0 Å². The SMILES string of the molecule is COc1cc(C)ccc1N=Nc1ccc(C)cc1. The molecule has 18 heavy (non-hydrogen) atoms. The fraction of sp³-hybridized carbons (Fsp3) is 0.200. The first kappa shape index (κ1) is 12.3. The molecule has 2 aromatic carbocycles. The second-order valence-electron chi connectivity index (χ2n) is 4.21. The number of rotatable bonds is 3. The van der Waals surface area contributed by atoms with E-state index in [1.54, 1.807) is 7.11 Å². The number of ether oxygens (including phenoxy) is 1.